The molecule has 1 aromatic carbocycles. The first kappa shape index (κ1) is 18.8. The van der Waals surface area contributed by atoms with Crippen LogP contribution in [0.1, 0.15) is 5.56 Å². The maximum atomic E-state index is 12.2. The van der Waals surface area contributed by atoms with Crippen LogP contribution < -0.4 is 10.2 Å². The van der Waals surface area contributed by atoms with Gasteiger partial charge in [-0.15, -0.1) is 0 Å². The fourth-order valence-corrected chi connectivity index (χ4v) is 2.62. The molecule has 1 saturated heterocycles. The SMILES string of the molecule is Cc1cc([N+](=O)[O-])ccc1NC(=O)C[NH+](C)CC(=O)N1CCOCC1. The highest BCUT2D eigenvalue weighted by atomic mass is 16.6. The van der Waals surface area contributed by atoms with Gasteiger partial charge in [-0.25, -0.2) is 0 Å². The lowest BCUT2D eigenvalue weighted by atomic mass is 10.2. The molecule has 9 nitrogen and oxygen atoms in total. The molecule has 0 bridgehead atoms. The van der Waals surface area contributed by atoms with E-state index in [4.69, 9.17) is 4.74 Å². The third kappa shape index (κ3) is 5.50. The predicted octanol–water partition coefficient (Wildman–Crippen LogP) is -0.785. The quantitative estimate of drug-likeness (QED) is 0.516. The second-order valence-electron chi connectivity index (χ2n) is 6.11. The number of rotatable bonds is 6. The number of ether oxygens (including phenoxy) is 1. The lowest BCUT2D eigenvalue weighted by Crippen LogP contribution is -3.11. The summed E-state index contributed by atoms with van der Waals surface area (Å²) >= 11 is 0. The minimum Gasteiger partial charge on any atom is -0.378 e. The van der Waals surface area contributed by atoms with Crippen LogP contribution in [0.15, 0.2) is 18.2 Å². The number of quaternary nitrogens is 1. The Morgan fingerprint density at radius 2 is 2.00 bits per heavy atom. The Balaban J connectivity index is 1.84. The monoisotopic (exact) mass is 351 g/mol. The molecule has 2 N–H and O–H groups in total. The van der Waals surface area contributed by atoms with Crippen molar-refractivity contribution in [3.8, 4) is 0 Å². The van der Waals surface area contributed by atoms with E-state index in [2.05, 4.69) is 5.32 Å². The number of benzene rings is 1. The number of amides is 2. The Bertz CT molecular complexity index is 658. The van der Waals surface area contributed by atoms with Crippen LogP contribution >= 0.6 is 0 Å². The van der Waals surface area contributed by atoms with E-state index in [0.717, 1.165) is 4.90 Å². The molecule has 2 rings (SSSR count). The number of anilines is 1. The molecule has 1 fully saturated rings. The van der Waals surface area contributed by atoms with Crippen molar-refractivity contribution < 1.29 is 24.1 Å². The molecule has 9 heteroatoms. The Hall–Kier alpha value is -2.52. The lowest BCUT2D eigenvalue weighted by Gasteiger charge is -2.27. The third-order valence-corrected chi connectivity index (χ3v) is 3.97. The molecule has 0 saturated carbocycles. The van der Waals surface area contributed by atoms with Crippen LogP contribution in [-0.2, 0) is 14.3 Å². The van der Waals surface area contributed by atoms with Gasteiger partial charge >= 0.3 is 0 Å². The highest BCUT2D eigenvalue weighted by Crippen LogP contribution is 2.20. The van der Waals surface area contributed by atoms with Gasteiger partial charge in [-0.2, -0.15) is 0 Å². The second-order valence-corrected chi connectivity index (χ2v) is 6.11. The predicted molar refractivity (Wildman–Crippen MR) is 90.5 cm³/mol. The van der Waals surface area contributed by atoms with Crippen molar-refractivity contribution in [3.63, 3.8) is 0 Å². The highest BCUT2D eigenvalue weighted by Gasteiger charge is 2.21. The van der Waals surface area contributed by atoms with Crippen molar-refractivity contribution in [2.45, 2.75) is 6.92 Å². The number of nitrogens with zero attached hydrogens (tertiary/aromatic N) is 2. The van der Waals surface area contributed by atoms with E-state index in [1.807, 2.05) is 0 Å². The third-order valence-electron chi connectivity index (χ3n) is 3.97. The Morgan fingerprint density at radius 3 is 2.60 bits per heavy atom. The fourth-order valence-electron chi connectivity index (χ4n) is 2.62. The van der Waals surface area contributed by atoms with E-state index in [9.17, 15) is 19.7 Å². The van der Waals surface area contributed by atoms with Crippen LogP contribution in [0.25, 0.3) is 0 Å². The summed E-state index contributed by atoms with van der Waals surface area (Å²) in [7, 11) is 1.78. The molecule has 25 heavy (non-hydrogen) atoms. The second kappa shape index (κ2) is 8.54. The van der Waals surface area contributed by atoms with Gasteiger partial charge in [0.15, 0.2) is 13.1 Å². The number of nitro groups is 1. The molecule has 1 aliphatic heterocycles. The number of hydrogen-bond donors (Lipinski definition) is 2. The zero-order valence-electron chi connectivity index (χ0n) is 14.4. The van der Waals surface area contributed by atoms with Gasteiger partial charge in [-0.1, -0.05) is 0 Å². The molecule has 0 spiro atoms. The van der Waals surface area contributed by atoms with E-state index in [1.54, 1.807) is 18.9 Å². The van der Waals surface area contributed by atoms with Crippen molar-refractivity contribution >= 4 is 23.2 Å². The van der Waals surface area contributed by atoms with E-state index in [1.165, 1.54) is 18.2 Å². The first-order chi connectivity index (χ1) is 11.9. The van der Waals surface area contributed by atoms with Gasteiger partial charge in [-0.3, -0.25) is 19.7 Å². The van der Waals surface area contributed by atoms with Crippen LogP contribution in [0.5, 0.6) is 0 Å². The number of aryl methyl sites for hydroxylation is 1. The fraction of sp³-hybridized carbons (Fsp3) is 0.500. The first-order valence-corrected chi connectivity index (χ1v) is 8.08. The number of morpholine rings is 1. The maximum absolute atomic E-state index is 12.2. The molecule has 1 atom stereocenters. The summed E-state index contributed by atoms with van der Waals surface area (Å²) < 4.78 is 5.21. The van der Waals surface area contributed by atoms with Gasteiger partial charge < -0.3 is 19.9 Å². The summed E-state index contributed by atoms with van der Waals surface area (Å²) in [6.45, 7) is 4.32. The zero-order chi connectivity index (χ0) is 18.4. The van der Waals surface area contributed by atoms with Crippen LogP contribution in [0.2, 0.25) is 0 Å². The van der Waals surface area contributed by atoms with E-state index in [-0.39, 0.29) is 30.6 Å². The lowest BCUT2D eigenvalue weighted by molar-refractivity contribution is -0.862. The number of likely N-dealkylation sites (N-methyl/N-ethyl adjacent to an activating group) is 1. The molecule has 1 aromatic rings. The van der Waals surface area contributed by atoms with Gasteiger partial charge in [0.05, 0.1) is 25.2 Å². The van der Waals surface area contributed by atoms with Crippen molar-refractivity contribution in [1.82, 2.24) is 4.90 Å². The molecule has 0 radical (unpaired) electrons. The Labute approximate surface area is 145 Å². The average molecular weight is 351 g/mol. The van der Waals surface area contributed by atoms with Crippen LogP contribution in [0, 0.1) is 17.0 Å². The Morgan fingerprint density at radius 1 is 1.32 bits per heavy atom. The van der Waals surface area contributed by atoms with Crippen molar-refractivity contribution in [2.75, 3.05) is 51.8 Å². The number of nitro benzene ring substituents is 1. The molecule has 2 amide bonds. The molecular weight excluding hydrogens is 328 g/mol. The molecule has 0 aromatic heterocycles. The number of carbonyl (C=O) groups is 2. The van der Waals surface area contributed by atoms with Gasteiger partial charge in [0.2, 0.25) is 0 Å². The minimum atomic E-state index is -0.478. The first-order valence-electron chi connectivity index (χ1n) is 8.08. The smallest absolute Gasteiger partial charge is 0.279 e. The van der Waals surface area contributed by atoms with Crippen molar-refractivity contribution in [2.24, 2.45) is 0 Å². The standard InChI is InChI=1S/C16H22N4O5/c1-12-9-13(20(23)24)3-4-14(12)17-15(21)10-18(2)11-16(22)19-5-7-25-8-6-19/h3-4,9H,5-8,10-11H2,1-2H3,(H,17,21)/p+1. The number of non-ortho nitro benzene ring substituents is 1. The largest absolute Gasteiger partial charge is 0.378 e. The number of carbonyl (C=O) groups excluding carboxylic acids is 2. The molecule has 0 aliphatic carbocycles. The number of hydrogen-bond acceptors (Lipinski definition) is 5. The van der Waals surface area contributed by atoms with Gasteiger partial charge in [0.25, 0.3) is 17.5 Å². The van der Waals surface area contributed by atoms with Gasteiger partial charge in [0.1, 0.15) is 0 Å². The van der Waals surface area contributed by atoms with Crippen molar-refractivity contribution in [1.29, 1.82) is 0 Å². The highest BCUT2D eigenvalue weighted by molar-refractivity contribution is 5.92. The van der Waals surface area contributed by atoms with Crippen LogP contribution in [-0.4, -0.2) is 68.1 Å². The average Bonchev–Trinajstić information content (AvgIpc) is 2.57. The topological polar surface area (TPSA) is 106 Å². The summed E-state index contributed by atoms with van der Waals surface area (Å²) in [5.41, 5.74) is 1.13. The maximum Gasteiger partial charge on any atom is 0.279 e. The number of nitrogens with one attached hydrogen (secondary N) is 2. The molecule has 1 unspecified atom stereocenters. The van der Waals surface area contributed by atoms with E-state index >= 15 is 0 Å². The van der Waals surface area contributed by atoms with Crippen LogP contribution in [0.3, 0.4) is 0 Å². The summed E-state index contributed by atoms with van der Waals surface area (Å²) in [6.07, 6.45) is 0. The summed E-state index contributed by atoms with van der Waals surface area (Å²) in [6, 6.07) is 4.27. The van der Waals surface area contributed by atoms with Crippen molar-refractivity contribution in [3.05, 3.63) is 33.9 Å². The molecule has 1 heterocycles. The summed E-state index contributed by atoms with van der Waals surface area (Å²) in [5.74, 6) is -0.246. The molecule has 1 aliphatic rings. The summed E-state index contributed by atoms with van der Waals surface area (Å²) in [4.78, 5) is 37.1. The molecular formula is C16H23N4O5+. The van der Waals surface area contributed by atoms with E-state index < -0.39 is 4.92 Å². The minimum absolute atomic E-state index is 0.000108. The normalized spacial score (nSPS) is 15.5. The molecule has 136 valence electrons. The van der Waals surface area contributed by atoms with E-state index in [0.29, 0.717) is 37.6 Å². The Kier molecular flexibility index (Phi) is 6.43. The van der Waals surface area contributed by atoms with Gasteiger partial charge in [-0.05, 0) is 18.6 Å². The summed E-state index contributed by atoms with van der Waals surface area (Å²) in [5, 5.41) is 13.5. The van der Waals surface area contributed by atoms with Gasteiger partial charge in [0, 0.05) is 30.9 Å². The van der Waals surface area contributed by atoms with Crippen LogP contribution in [0.4, 0.5) is 11.4 Å². The zero-order valence-corrected chi connectivity index (χ0v) is 14.4.